The number of hydrogen-bond acceptors (Lipinski definition) is 5. The van der Waals surface area contributed by atoms with E-state index in [0.29, 0.717) is 45.0 Å². The summed E-state index contributed by atoms with van der Waals surface area (Å²) < 4.78 is 0. The molecule has 2 amide bonds. The fraction of sp³-hybridized carbons (Fsp3) is 0.324. The van der Waals surface area contributed by atoms with Crippen LogP contribution in [0.5, 0.6) is 5.75 Å². The van der Waals surface area contributed by atoms with Crippen molar-refractivity contribution in [2.75, 3.05) is 33.2 Å². The second kappa shape index (κ2) is 16.1. The van der Waals surface area contributed by atoms with Gasteiger partial charge in [0.2, 0.25) is 11.8 Å². The molecule has 226 valence electrons. The minimum atomic E-state index is -0.402. The normalized spacial score (nSPS) is 17.7. The highest BCUT2D eigenvalue weighted by molar-refractivity contribution is 5.91. The molecular formula is C34H42N6O3. The molecule has 1 fully saturated rings. The molecule has 3 aromatic rings. The summed E-state index contributed by atoms with van der Waals surface area (Å²) in [6, 6.07) is 26.8. The summed E-state index contributed by atoms with van der Waals surface area (Å²) in [7, 11) is 1.63. The molecular weight excluding hydrogens is 540 g/mol. The number of nitrogens with two attached hydrogens (primary N) is 1. The van der Waals surface area contributed by atoms with Crippen molar-refractivity contribution >= 4 is 23.8 Å². The number of phenolic OH excluding ortho intramolecular Hbond substituents is 1. The second-order valence-electron chi connectivity index (χ2n) is 10.7. The number of carbonyl (C=O) groups is 2. The van der Waals surface area contributed by atoms with Crippen LogP contribution >= 0.6 is 0 Å². The van der Waals surface area contributed by atoms with E-state index in [4.69, 9.17) is 5.73 Å². The maximum atomic E-state index is 14.0. The van der Waals surface area contributed by atoms with Crippen molar-refractivity contribution < 1.29 is 14.7 Å². The zero-order valence-electron chi connectivity index (χ0n) is 24.7. The van der Waals surface area contributed by atoms with Gasteiger partial charge in [-0.25, -0.2) is 0 Å². The van der Waals surface area contributed by atoms with Crippen LogP contribution in [0.3, 0.4) is 0 Å². The fourth-order valence-electron chi connectivity index (χ4n) is 5.31. The summed E-state index contributed by atoms with van der Waals surface area (Å²) >= 11 is 0. The lowest BCUT2D eigenvalue weighted by Crippen LogP contribution is -2.49. The van der Waals surface area contributed by atoms with Crippen molar-refractivity contribution in [3.8, 4) is 5.75 Å². The first-order chi connectivity index (χ1) is 20.9. The lowest BCUT2D eigenvalue weighted by atomic mass is 9.90. The Morgan fingerprint density at radius 1 is 1.07 bits per heavy atom. The summed E-state index contributed by atoms with van der Waals surface area (Å²) in [6.07, 6.45) is 5.15. The van der Waals surface area contributed by atoms with Crippen LogP contribution in [0.2, 0.25) is 0 Å². The van der Waals surface area contributed by atoms with E-state index in [1.807, 2.05) is 47.4 Å². The number of benzene rings is 3. The molecule has 1 saturated heterocycles. The summed E-state index contributed by atoms with van der Waals surface area (Å²) in [4.78, 5) is 32.5. The monoisotopic (exact) mass is 582 g/mol. The average molecular weight is 583 g/mol. The third kappa shape index (κ3) is 9.72. The Labute approximate surface area is 253 Å². The molecule has 1 aliphatic rings. The van der Waals surface area contributed by atoms with Gasteiger partial charge in [-0.05, 0) is 54.2 Å². The Morgan fingerprint density at radius 3 is 2.42 bits per heavy atom. The summed E-state index contributed by atoms with van der Waals surface area (Å²) in [5, 5.41) is 19.2. The van der Waals surface area contributed by atoms with Crippen LogP contribution < -0.4 is 21.7 Å². The summed E-state index contributed by atoms with van der Waals surface area (Å²) in [6.45, 7) is 2.12. The van der Waals surface area contributed by atoms with Crippen LogP contribution in [0.4, 0.5) is 0 Å². The molecule has 0 aromatic heterocycles. The summed E-state index contributed by atoms with van der Waals surface area (Å²) in [5.74, 6) is 0.377. The maximum Gasteiger partial charge on any atom is 0.244 e. The van der Waals surface area contributed by atoms with Crippen molar-refractivity contribution in [2.24, 2.45) is 10.7 Å². The van der Waals surface area contributed by atoms with Gasteiger partial charge in [-0.1, -0.05) is 72.8 Å². The zero-order valence-corrected chi connectivity index (χ0v) is 24.7. The van der Waals surface area contributed by atoms with Crippen LogP contribution in [-0.2, 0) is 9.59 Å². The van der Waals surface area contributed by atoms with Gasteiger partial charge in [0, 0.05) is 51.3 Å². The minimum absolute atomic E-state index is 0.0352. The molecule has 4 rings (SSSR count). The molecule has 2 atom stereocenters. The number of phenols is 1. The van der Waals surface area contributed by atoms with E-state index in [1.165, 1.54) is 6.08 Å². The smallest absolute Gasteiger partial charge is 0.244 e. The van der Waals surface area contributed by atoms with Crippen molar-refractivity contribution in [1.82, 2.24) is 20.9 Å². The molecule has 2 unspecified atom stereocenters. The Morgan fingerprint density at radius 2 is 1.77 bits per heavy atom. The average Bonchev–Trinajstić information content (AvgIpc) is 3.18. The number of amides is 2. The maximum absolute atomic E-state index is 14.0. The highest BCUT2D eigenvalue weighted by Crippen LogP contribution is 2.27. The molecule has 9 nitrogen and oxygen atoms in total. The van der Waals surface area contributed by atoms with E-state index in [0.717, 1.165) is 23.1 Å². The predicted octanol–water partition coefficient (Wildman–Crippen LogP) is 3.23. The minimum Gasteiger partial charge on any atom is -0.508 e. The Hall–Kier alpha value is -4.63. The number of carbonyl (C=O) groups excluding carboxylic acids is 2. The first-order valence-electron chi connectivity index (χ1n) is 14.8. The van der Waals surface area contributed by atoms with Crippen LogP contribution in [0.25, 0.3) is 6.08 Å². The highest BCUT2D eigenvalue weighted by atomic mass is 16.3. The second-order valence-corrected chi connectivity index (χ2v) is 10.7. The van der Waals surface area contributed by atoms with Crippen molar-refractivity contribution in [2.45, 2.75) is 37.3 Å². The van der Waals surface area contributed by atoms with Crippen molar-refractivity contribution in [3.05, 3.63) is 108 Å². The molecule has 0 radical (unpaired) electrons. The van der Waals surface area contributed by atoms with Gasteiger partial charge in [0.1, 0.15) is 5.75 Å². The van der Waals surface area contributed by atoms with Crippen LogP contribution in [-0.4, -0.2) is 73.1 Å². The van der Waals surface area contributed by atoms with Gasteiger partial charge >= 0.3 is 0 Å². The number of rotatable bonds is 12. The van der Waals surface area contributed by atoms with Gasteiger partial charge in [0.25, 0.3) is 0 Å². The first-order valence-corrected chi connectivity index (χ1v) is 14.8. The molecule has 1 heterocycles. The Kier molecular flexibility index (Phi) is 11.7. The number of aromatic hydroxyl groups is 1. The summed E-state index contributed by atoms with van der Waals surface area (Å²) in [5.41, 5.74) is 8.84. The lowest BCUT2D eigenvalue weighted by molar-refractivity contribution is -0.133. The quantitative estimate of drug-likeness (QED) is 0.0965. The topological polar surface area (TPSA) is 132 Å². The van der Waals surface area contributed by atoms with Gasteiger partial charge in [-0.3, -0.25) is 14.6 Å². The van der Waals surface area contributed by atoms with Gasteiger partial charge in [-0.2, -0.15) is 0 Å². The van der Waals surface area contributed by atoms with E-state index in [9.17, 15) is 14.7 Å². The SMILES string of the molecule is CN=C(N)NCCCC1NC(CNC(=O)/C=C/c2cccc(O)c2)CCN(CC(c2ccccc2)c2ccccc2)C1=O. The molecule has 0 saturated carbocycles. The Balaban J connectivity index is 1.46. The fourth-order valence-corrected chi connectivity index (χ4v) is 5.31. The van der Waals surface area contributed by atoms with Gasteiger partial charge in [0.05, 0.1) is 6.04 Å². The van der Waals surface area contributed by atoms with Gasteiger partial charge in [0.15, 0.2) is 5.96 Å². The number of guanidine groups is 1. The third-order valence-corrected chi connectivity index (χ3v) is 7.64. The van der Waals surface area contributed by atoms with Crippen molar-refractivity contribution in [3.63, 3.8) is 0 Å². The Bertz CT molecular complexity index is 1340. The zero-order chi connectivity index (χ0) is 30.4. The number of hydrogen-bond donors (Lipinski definition) is 5. The molecule has 0 spiro atoms. The lowest BCUT2D eigenvalue weighted by Gasteiger charge is -2.29. The highest BCUT2D eigenvalue weighted by Gasteiger charge is 2.32. The standard InChI is InChI=1S/C34H42N6O3/c1-36-34(35)37-20-9-16-31-33(43)40(24-30(26-11-4-2-5-12-26)27-13-6-3-7-14-27)21-19-28(39-31)23-38-32(42)18-17-25-10-8-15-29(41)22-25/h2-8,10-15,17-18,22,28,30-31,39,41H,9,16,19-21,23-24H2,1H3,(H,38,42)(H3,35,36,37)/b18-17+. The van der Waals surface area contributed by atoms with E-state index in [-0.39, 0.29) is 29.5 Å². The molecule has 0 aliphatic carbocycles. The van der Waals surface area contributed by atoms with Crippen LogP contribution in [0.1, 0.15) is 41.9 Å². The largest absolute Gasteiger partial charge is 0.508 e. The van der Waals surface area contributed by atoms with E-state index < -0.39 is 6.04 Å². The molecule has 1 aliphatic heterocycles. The van der Waals surface area contributed by atoms with Crippen LogP contribution in [0, 0.1) is 0 Å². The van der Waals surface area contributed by atoms with E-state index in [2.05, 4.69) is 45.2 Å². The van der Waals surface area contributed by atoms with Gasteiger partial charge < -0.3 is 31.7 Å². The molecule has 9 heteroatoms. The first kappa shape index (κ1) is 31.3. The van der Waals surface area contributed by atoms with E-state index in [1.54, 1.807) is 31.3 Å². The third-order valence-electron chi connectivity index (χ3n) is 7.64. The van der Waals surface area contributed by atoms with E-state index >= 15 is 0 Å². The number of nitrogens with one attached hydrogen (secondary N) is 3. The van der Waals surface area contributed by atoms with Gasteiger partial charge in [-0.15, -0.1) is 0 Å². The van der Waals surface area contributed by atoms with Crippen molar-refractivity contribution in [1.29, 1.82) is 0 Å². The number of nitrogens with zero attached hydrogens (tertiary/aromatic N) is 2. The molecule has 0 bridgehead atoms. The molecule has 43 heavy (non-hydrogen) atoms. The molecule has 6 N–H and O–H groups in total. The van der Waals surface area contributed by atoms with Crippen LogP contribution in [0.15, 0.2) is 96.0 Å². The number of aliphatic imine (C=N–C) groups is 1. The predicted molar refractivity (Wildman–Crippen MR) is 172 cm³/mol. The molecule has 3 aromatic carbocycles.